The third-order valence-electron chi connectivity index (χ3n) is 2.00. The molecule has 4 N–H and O–H groups in total. The fourth-order valence-electron chi connectivity index (χ4n) is 1.19. The van der Waals surface area contributed by atoms with Gasteiger partial charge in [0.2, 0.25) is 11.9 Å². The molecular weight excluding hydrogens is 245 g/mol. The van der Waals surface area contributed by atoms with Gasteiger partial charge in [-0.05, 0) is 6.07 Å². The van der Waals surface area contributed by atoms with E-state index >= 15 is 0 Å². The Balaban J connectivity index is 2.78. The number of amides is 2. The van der Waals surface area contributed by atoms with Crippen molar-refractivity contribution in [3.63, 3.8) is 0 Å². The molecular formula is C10H10FN3O4. The second kappa shape index (κ2) is 5.71. The van der Waals surface area contributed by atoms with E-state index in [1.165, 1.54) is 6.07 Å². The second-order valence-corrected chi connectivity index (χ2v) is 3.40. The summed E-state index contributed by atoms with van der Waals surface area (Å²) >= 11 is 0. The third kappa shape index (κ3) is 3.81. The van der Waals surface area contributed by atoms with Crippen LogP contribution in [0.1, 0.15) is 16.8 Å². The van der Waals surface area contributed by atoms with Crippen LogP contribution < -0.4 is 11.1 Å². The molecule has 0 bridgehead atoms. The molecule has 0 aliphatic rings. The summed E-state index contributed by atoms with van der Waals surface area (Å²) in [6.45, 7) is 0. The molecule has 0 aliphatic heterocycles. The summed E-state index contributed by atoms with van der Waals surface area (Å²) in [5, 5.41) is 10.8. The summed E-state index contributed by atoms with van der Waals surface area (Å²) in [6.07, 6.45) is 0.517. The highest BCUT2D eigenvalue weighted by Crippen LogP contribution is 2.02. The van der Waals surface area contributed by atoms with Crippen LogP contribution in [0.5, 0.6) is 0 Å². The number of nitrogens with zero attached hydrogens (tertiary/aromatic N) is 1. The molecule has 1 atom stereocenters. The fourth-order valence-corrected chi connectivity index (χ4v) is 1.19. The molecule has 1 aromatic rings. The predicted molar refractivity (Wildman–Crippen MR) is 56.9 cm³/mol. The van der Waals surface area contributed by atoms with E-state index in [0.717, 1.165) is 12.3 Å². The zero-order valence-electron chi connectivity index (χ0n) is 9.09. The van der Waals surface area contributed by atoms with E-state index in [1.54, 1.807) is 0 Å². The molecule has 0 spiro atoms. The van der Waals surface area contributed by atoms with Crippen LogP contribution in [0.3, 0.4) is 0 Å². The van der Waals surface area contributed by atoms with Gasteiger partial charge in [0.15, 0.2) is 0 Å². The van der Waals surface area contributed by atoms with Gasteiger partial charge in [0.05, 0.1) is 6.42 Å². The first kappa shape index (κ1) is 13.6. The van der Waals surface area contributed by atoms with Crippen LogP contribution in [-0.4, -0.2) is 33.9 Å². The van der Waals surface area contributed by atoms with Crippen LogP contribution >= 0.6 is 0 Å². The van der Waals surface area contributed by atoms with Crippen LogP contribution in [0.15, 0.2) is 18.3 Å². The molecule has 0 saturated heterocycles. The van der Waals surface area contributed by atoms with Crippen molar-refractivity contribution in [3.05, 3.63) is 29.8 Å². The molecule has 0 aliphatic carbocycles. The quantitative estimate of drug-likeness (QED) is 0.599. The monoisotopic (exact) mass is 255 g/mol. The molecule has 1 aromatic heterocycles. The van der Waals surface area contributed by atoms with E-state index < -0.39 is 36.2 Å². The summed E-state index contributed by atoms with van der Waals surface area (Å²) in [7, 11) is 0. The molecule has 1 heterocycles. The summed E-state index contributed by atoms with van der Waals surface area (Å²) < 4.78 is 12.8. The largest absolute Gasteiger partial charge is 0.480 e. The number of nitrogens with two attached hydrogens (primary N) is 1. The summed E-state index contributed by atoms with van der Waals surface area (Å²) in [4.78, 5) is 36.2. The molecule has 96 valence electrons. The zero-order valence-corrected chi connectivity index (χ0v) is 9.09. The van der Waals surface area contributed by atoms with Crippen LogP contribution in [-0.2, 0) is 9.59 Å². The topological polar surface area (TPSA) is 122 Å². The van der Waals surface area contributed by atoms with Gasteiger partial charge in [-0.3, -0.25) is 9.59 Å². The van der Waals surface area contributed by atoms with Gasteiger partial charge in [-0.25, -0.2) is 9.78 Å². The number of aliphatic carboxylic acids is 1. The molecule has 2 amide bonds. The Morgan fingerprint density at radius 3 is 2.67 bits per heavy atom. The average molecular weight is 255 g/mol. The Kier molecular flexibility index (Phi) is 4.30. The van der Waals surface area contributed by atoms with Crippen molar-refractivity contribution in [3.8, 4) is 0 Å². The lowest BCUT2D eigenvalue weighted by Crippen LogP contribution is -2.43. The van der Waals surface area contributed by atoms with Crippen LogP contribution in [0.25, 0.3) is 0 Å². The number of carboxylic acid groups (broad SMARTS) is 1. The first-order chi connectivity index (χ1) is 8.40. The number of hydrogen-bond acceptors (Lipinski definition) is 4. The number of pyridine rings is 1. The van der Waals surface area contributed by atoms with Crippen LogP contribution in [0.2, 0.25) is 0 Å². The molecule has 8 heteroatoms. The molecule has 7 nitrogen and oxygen atoms in total. The van der Waals surface area contributed by atoms with Crippen molar-refractivity contribution < 1.29 is 23.9 Å². The van der Waals surface area contributed by atoms with E-state index in [9.17, 15) is 18.8 Å². The highest BCUT2D eigenvalue weighted by molar-refractivity contribution is 5.97. The van der Waals surface area contributed by atoms with E-state index in [0.29, 0.717) is 0 Å². The van der Waals surface area contributed by atoms with Crippen molar-refractivity contribution >= 4 is 17.8 Å². The van der Waals surface area contributed by atoms with E-state index in [2.05, 4.69) is 10.3 Å². The zero-order chi connectivity index (χ0) is 13.7. The fraction of sp³-hybridized carbons (Fsp3) is 0.200. The highest BCUT2D eigenvalue weighted by atomic mass is 19.1. The smallest absolute Gasteiger partial charge is 0.326 e. The normalized spacial score (nSPS) is 11.6. The number of aromatic nitrogens is 1. The van der Waals surface area contributed by atoms with Gasteiger partial charge in [0.25, 0.3) is 5.91 Å². The number of carbonyl (C=O) groups is 3. The van der Waals surface area contributed by atoms with Crippen molar-refractivity contribution in [2.45, 2.75) is 12.5 Å². The summed E-state index contributed by atoms with van der Waals surface area (Å²) in [6, 6.07) is 0.603. The Bertz CT molecular complexity index is 492. The molecule has 0 aromatic carbocycles. The average Bonchev–Trinajstić information content (AvgIpc) is 2.27. The Labute approximate surface area is 101 Å². The minimum atomic E-state index is -1.45. The number of carboxylic acids is 1. The predicted octanol–water partition coefficient (Wildman–Crippen LogP) is -0.721. The summed E-state index contributed by atoms with van der Waals surface area (Å²) in [5.41, 5.74) is 4.75. The maximum atomic E-state index is 12.8. The highest BCUT2D eigenvalue weighted by Gasteiger charge is 2.22. The number of rotatable bonds is 5. The second-order valence-electron chi connectivity index (χ2n) is 3.40. The SMILES string of the molecule is NC(=O)CC(NC(=O)c1ccnc(F)c1)C(=O)O. The molecule has 18 heavy (non-hydrogen) atoms. The number of hydrogen-bond donors (Lipinski definition) is 3. The Morgan fingerprint density at radius 1 is 1.50 bits per heavy atom. The van der Waals surface area contributed by atoms with Gasteiger partial charge in [-0.15, -0.1) is 0 Å². The van der Waals surface area contributed by atoms with Crippen LogP contribution in [0, 0.1) is 5.95 Å². The first-order valence-electron chi connectivity index (χ1n) is 4.83. The lowest BCUT2D eigenvalue weighted by Gasteiger charge is -2.12. The van der Waals surface area contributed by atoms with Gasteiger partial charge in [0.1, 0.15) is 6.04 Å². The standard InChI is InChI=1S/C10H10FN3O4/c11-7-3-5(1-2-13-7)9(16)14-6(10(17)18)4-8(12)15/h1-3,6H,4H2,(H2,12,15)(H,14,16)(H,17,18). The lowest BCUT2D eigenvalue weighted by molar-refractivity contribution is -0.140. The number of primary amides is 1. The maximum Gasteiger partial charge on any atom is 0.326 e. The van der Waals surface area contributed by atoms with Gasteiger partial charge >= 0.3 is 5.97 Å². The van der Waals surface area contributed by atoms with Gasteiger partial charge < -0.3 is 16.2 Å². The third-order valence-corrected chi connectivity index (χ3v) is 2.00. The van der Waals surface area contributed by atoms with E-state index in [4.69, 9.17) is 10.8 Å². The van der Waals surface area contributed by atoms with E-state index in [-0.39, 0.29) is 5.56 Å². The Morgan fingerprint density at radius 2 is 2.17 bits per heavy atom. The molecule has 0 fully saturated rings. The number of nitrogens with one attached hydrogen (secondary N) is 1. The minimum absolute atomic E-state index is 0.0989. The first-order valence-corrected chi connectivity index (χ1v) is 4.83. The molecule has 0 radical (unpaired) electrons. The van der Waals surface area contributed by atoms with Gasteiger partial charge in [-0.1, -0.05) is 0 Å². The van der Waals surface area contributed by atoms with Crippen LogP contribution in [0.4, 0.5) is 4.39 Å². The van der Waals surface area contributed by atoms with Gasteiger partial charge in [-0.2, -0.15) is 4.39 Å². The molecule has 0 saturated carbocycles. The Hall–Kier alpha value is -2.51. The summed E-state index contributed by atoms with van der Waals surface area (Å²) in [5.74, 6) is -3.98. The maximum absolute atomic E-state index is 12.8. The minimum Gasteiger partial charge on any atom is -0.480 e. The van der Waals surface area contributed by atoms with Crippen molar-refractivity contribution in [1.29, 1.82) is 0 Å². The number of halogens is 1. The van der Waals surface area contributed by atoms with Crippen molar-refractivity contribution in [2.75, 3.05) is 0 Å². The van der Waals surface area contributed by atoms with Crippen molar-refractivity contribution in [2.24, 2.45) is 5.73 Å². The number of carbonyl (C=O) groups excluding carboxylic acids is 2. The molecule has 1 rings (SSSR count). The van der Waals surface area contributed by atoms with E-state index in [1.807, 2.05) is 0 Å². The van der Waals surface area contributed by atoms with Crippen molar-refractivity contribution in [1.82, 2.24) is 10.3 Å². The van der Waals surface area contributed by atoms with Gasteiger partial charge in [0, 0.05) is 17.8 Å². The lowest BCUT2D eigenvalue weighted by atomic mass is 10.1. The molecule has 1 unspecified atom stereocenters.